The van der Waals surface area contributed by atoms with Crippen molar-refractivity contribution in [2.75, 3.05) is 31.6 Å². The largest absolute Gasteiger partial charge is 0.379 e. The van der Waals surface area contributed by atoms with Crippen LogP contribution in [-0.4, -0.2) is 51.0 Å². The molecule has 1 amide bonds. The van der Waals surface area contributed by atoms with E-state index < -0.39 is 16.1 Å². The summed E-state index contributed by atoms with van der Waals surface area (Å²) < 4.78 is 32.0. The van der Waals surface area contributed by atoms with Gasteiger partial charge in [-0.2, -0.15) is 4.31 Å². The number of carbonyl (C=O) groups excluding carboxylic acids is 1. The number of benzene rings is 2. The third-order valence-electron chi connectivity index (χ3n) is 5.23. The van der Waals surface area contributed by atoms with Gasteiger partial charge in [0.05, 0.1) is 18.1 Å². The van der Waals surface area contributed by atoms with Gasteiger partial charge in [-0.3, -0.25) is 4.79 Å². The molecule has 2 heterocycles. The second-order valence-corrected chi connectivity index (χ2v) is 9.53. The van der Waals surface area contributed by atoms with Crippen molar-refractivity contribution in [3.05, 3.63) is 59.1 Å². The van der Waals surface area contributed by atoms with Crippen LogP contribution in [0.5, 0.6) is 0 Å². The molecule has 2 aliphatic heterocycles. The molecule has 0 spiro atoms. The average molecular weight is 451 g/mol. The molecule has 3 N–H and O–H groups in total. The van der Waals surface area contributed by atoms with E-state index in [9.17, 15) is 13.2 Å². The van der Waals surface area contributed by atoms with E-state index in [-0.39, 0.29) is 16.8 Å². The highest BCUT2D eigenvalue weighted by atomic mass is 35.5. The van der Waals surface area contributed by atoms with Gasteiger partial charge in [-0.15, -0.1) is 0 Å². The van der Waals surface area contributed by atoms with Crippen LogP contribution >= 0.6 is 11.6 Å². The molecule has 0 aliphatic carbocycles. The quantitative estimate of drug-likeness (QED) is 0.643. The highest BCUT2D eigenvalue weighted by Gasteiger charge is 2.31. The number of carbonyl (C=O) groups is 1. The second kappa shape index (κ2) is 9.01. The lowest BCUT2D eigenvalue weighted by atomic mass is 10.0. The minimum Gasteiger partial charge on any atom is -0.379 e. The molecular weight excluding hydrogens is 428 g/mol. The molecule has 2 fully saturated rings. The monoisotopic (exact) mass is 450 g/mol. The minimum atomic E-state index is -3.56. The second-order valence-electron chi connectivity index (χ2n) is 7.18. The van der Waals surface area contributed by atoms with Crippen molar-refractivity contribution in [3.8, 4) is 0 Å². The van der Waals surface area contributed by atoms with E-state index in [1.54, 1.807) is 12.1 Å². The first-order valence-corrected chi connectivity index (χ1v) is 11.5. The third-order valence-corrected chi connectivity index (χ3v) is 7.49. The highest BCUT2D eigenvalue weighted by Crippen LogP contribution is 2.28. The molecule has 0 aromatic heterocycles. The van der Waals surface area contributed by atoms with Gasteiger partial charge >= 0.3 is 0 Å². The zero-order valence-corrected chi connectivity index (χ0v) is 17.7. The maximum absolute atomic E-state index is 12.7. The predicted octanol–water partition coefficient (Wildman–Crippen LogP) is 1.91. The van der Waals surface area contributed by atoms with Gasteiger partial charge in [0.15, 0.2) is 0 Å². The van der Waals surface area contributed by atoms with Crippen LogP contribution in [0.25, 0.3) is 0 Å². The first kappa shape index (κ1) is 21.2. The van der Waals surface area contributed by atoms with Crippen LogP contribution in [0.1, 0.15) is 18.0 Å². The summed E-state index contributed by atoms with van der Waals surface area (Å²) in [5, 5.41) is 3.47. The number of ether oxygens (including phenoxy) is 1. The number of morpholine rings is 1. The fourth-order valence-corrected chi connectivity index (χ4v) is 5.24. The van der Waals surface area contributed by atoms with E-state index in [4.69, 9.17) is 16.3 Å². The Hall–Kier alpha value is -2.01. The molecule has 2 saturated heterocycles. The van der Waals surface area contributed by atoms with Crippen molar-refractivity contribution in [3.63, 3.8) is 0 Å². The fraction of sp³-hybridized carbons (Fsp3) is 0.350. The lowest BCUT2D eigenvalue weighted by Gasteiger charge is -2.26. The number of hydrazine groups is 1. The molecule has 2 aromatic carbocycles. The molecule has 2 aliphatic rings. The predicted molar refractivity (Wildman–Crippen MR) is 114 cm³/mol. The zero-order chi connectivity index (χ0) is 21.1. The molecule has 2 aromatic rings. The number of nitrogens with one attached hydrogen (secondary N) is 3. The lowest BCUT2D eigenvalue weighted by molar-refractivity contribution is -0.117. The van der Waals surface area contributed by atoms with E-state index in [0.29, 0.717) is 43.4 Å². The Bertz CT molecular complexity index is 1010. The highest BCUT2D eigenvalue weighted by molar-refractivity contribution is 7.89. The Morgan fingerprint density at radius 3 is 2.47 bits per heavy atom. The van der Waals surface area contributed by atoms with E-state index in [0.717, 1.165) is 5.56 Å². The van der Waals surface area contributed by atoms with E-state index in [1.807, 2.05) is 24.3 Å². The third kappa shape index (κ3) is 4.51. The van der Waals surface area contributed by atoms with Gasteiger partial charge < -0.3 is 10.1 Å². The van der Waals surface area contributed by atoms with Crippen LogP contribution < -0.4 is 16.2 Å². The molecule has 8 nitrogen and oxygen atoms in total. The summed E-state index contributed by atoms with van der Waals surface area (Å²) in [6.45, 7) is 1.47. The first-order valence-electron chi connectivity index (χ1n) is 9.69. The maximum atomic E-state index is 12.7. The topological polar surface area (TPSA) is 99.8 Å². The number of rotatable bonds is 5. The normalized spacial score (nSPS) is 22.7. The van der Waals surface area contributed by atoms with Crippen molar-refractivity contribution < 1.29 is 17.9 Å². The minimum absolute atomic E-state index is 0.0736. The standard InChI is InChI=1S/C20H23ClN4O4S/c21-17-4-2-1-3-16(17)18-13-19(24-23-18)20(26)22-14-5-7-15(8-6-14)30(27,28)25-9-11-29-12-10-25/h1-8,18-19,23-24H,9-13H2,(H,22,26). The van der Waals surface area contributed by atoms with Crippen LogP contribution in [0.2, 0.25) is 5.02 Å². The van der Waals surface area contributed by atoms with Crippen LogP contribution in [-0.2, 0) is 19.6 Å². The average Bonchev–Trinajstić information content (AvgIpc) is 3.25. The molecule has 160 valence electrons. The van der Waals surface area contributed by atoms with E-state index >= 15 is 0 Å². The summed E-state index contributed by atoms with van der Waals surface area (Å²) in [5.74, 6) is -0.208. The van der Waals surface area contributed by atoms with Gasteiger partial charge in [0.2, 0.25) is 15.9 Å². The first-order chi connectivity index (χ1) is 14.4. The molecule has 0 radical (unpaired) electrons. The summed E-state index contributed by atoms with van der Waals surface area (Å²) >= 11 is 6.24. The molecule has 30 heavy (non-hydrogen) atoms. The fourth-order valence-electron chi connectivity index (χ4n) is 3.57. The zero-order valence-electron chi connectivity index (χ0n) is 16.2. The number of hydrogen-bond donors (Lipinski definition) is 3. The molecule has 10 heteroatoms. The summed E-state index contributed by atoms with van der Waals surface area (Å²) in [6.07, 6.45) is 0.541. The molecule has 2 atom stereocenters. The van der Waals surface area contributed by atoms with Crippen molar-refractivity contribution in [1.82, 2.24) is 15.2 Å². The summed E-state index contributed by atoms with van der Waals surface area (Å²) in [4.78, 5) is 12.8. The Balaban J connectivity index is 1.38. The van der Waals surface area contributed by atoms with Crippen LogP contribution in [0.4, 0.5) is 5.69 Å². The number of anilines is 1. The van der Waals surface area contributed by atoms with E-state index in [1.165, 1.54) is 16.4 Å². The Morgan fingerprint density at radius 1 is 1.07 bits per heavy atom. The van der Waals surface area contributed by atoms with Crippen LogP contribution in [0.15, 0.2) is 53.4 Å². The van der Waals surface area contributed by atoms with Crippen LogP contribution in [0, 0.1) is 0 Å². The lowest BCUT2D eigenvalue weighted by Crippen LogP contribution is -2.40. The molecule has 0 bridgehead atoms. The Labute approximate surface area is 180 Å². The van der Waals surface area contributed by atoms with Gasteiger partial charge in [-0.1, -0.05) is 29.8 Å². The SMILES string of the molecule is O=C(Nc1ccc(S(=O)(=O)N2CCOCC2)cc1)C1CC(c2ccccc2Cl)NN1. The van der Waals surface area contributed by atoms with Crippen LogP contribution in [0.3, 0.4) is 0 Å². The van der Waals surface area contributed by atoms with Gasteiger partial charge in [0.1, 0.15) is 6.04 Å². The number of amides is 1. The van der Waals surface area contributed by atoms with Gasteiger partial charge in [-0.05, 0) is 42.3 Å². The molecular formula is C20H23ClN4O4S. The summed E-state index contributed by atoms with van der Waals surface area (Å²) in [7, 11) is -3.56. The maximum Gasteiger partial charge on any atom is 0.243 e. The van der Waals surface area contributed by atoms with Gasteiger partial charge in [-0.25, -0.2) is 19.3 Å². The van der Waals surface area contributed by atoms with Crippen molar-refractivity contribution in [2.24, 2.45) is 0 Å². The van der Waals surface area contributed by atoms with Crippen molar-refractivity contribution in [2.45, 2.75) is 23.4 Å². The number of halogens is 1. The Kier molecular flexibility index (Phi) is 6.37. The number of sulfonamides is 1. The molecule has 4 rings (SSSR count). The smallest absolute Gasteiger partial charge is 0.243 e. The van der Waals surface area contributed by atoms with E-state index in [2.05, 4.69) is 16.2 Å². The van der Waals surface area contributed by atoms with Gasteiger partial charge in [0.25, 0.3) is 0 Å². The number of hydrogen-bond acceptors (Lipinski definition) is 6. The summed E-state index contributed by atoms with van der Waals surface area (Å²) in [5.41, 5.74) is 7.56. The number of nitrogens with zero attached hydrogens (tertiary/aromatic N) is 1. The Morgan fingerprint density at radius 2 is 1.77 bits per heavy atom. The van der Waals surface area contributed by atoms with Gasteiger partial charge in [0, 0.05) is 29.8 Å². The summed E-state index contributed by atoms with van der Waals surface area (Å²) in [6, 6.07) is 13.2. The molecule has 0 saturated carbocycles. The van der Waals surface area contributed by atoms with Crippen molar-refractivity contribution >= 4 is 33.2 Å². The molecule has 2 unspecified atom stereocenters. The van der Waals surface area contributed by atoms with Crippen molar-refractivity contribution in [1.29, 1.82) is 0 Å².